The number of carboxylic acid groups (broad SMARTS) is 1. The van der Waals surface area contributed by atoms with Crippen LogP contribution in [0, 0.1) is 0 Å². The molecule has 2 N–H and O–H groups in total. The fraction of sp³-hybridized carbons (Fsp3) is 0.0625. The standard InChI is InChI=1S/C16H12N4O2/c21-16(22)15-17-12-9-5-4-8-11(12)14-18-13(19-20(14)15)10-6-2-1-3-7-10/h1-9,15,17H,(H,21,22). The van der Waals surface area contributed by atoms with Crippen LogP contribution in [0.2, 0.25) is 0 Å². The molecule has 4 rings (SSSR count). The van der Waals surface area contributed by atoms with E-state index in [1.807, 2.05) is 54.6 Å². The highest BCUT2D eigenvalue weighted by Gasteiger charge is 2.31. The minimum Gasteiger partial charge on any atom is -0.478 e. The zero-order valence-electron chi connectivity index (χ0n) is 11.5. The number of hydrogen-bond acceptors (Lipinski definition) is 4. The molecular formula is C16H12N4O2. The third-order valence-electron chi connectivity index (χ3n) is 3.60. The van der Waals surface area contributed by atoms with Gasteiger partial charge in [0.15, 0.2) is 11.6 Å². The number of anilines is 1. The molecule has 108 valence electrons. The normalized spacial score (nSPS) is 15.5. The summed E-state index contributed by atoms with van der Waals surface area (Å²) in [6, 6.07) is 17.0. The molecule has 0 radical (unpaired) electrons. The minimum atomic E-state index is -1.000. The number of aromatic nitrogens is 3. The Morgan fingerprint density at radius 2 is 1.82 bits per heavy atom. The SMILES string of the molecule is O=C(O)C1Nc2ccccc2-c2nc(-c3ccccc3)nn21. The molecule has 6 nitrogen and oxygen atoms in total. The van der Waals surface area contributed by atoms with E-state index in [9.17, 15) is 9.90 Å². The predicted octanol–water partition coefficient (Wildman–Crippen LogP) is 2.62. The lowest BCUT2D eigenvalue weighted by atomic mass is 10.1. The van der Waals surface area contributed by atoms with Crippen molar-refractivity contribution in [2.24, 2.45) is 0 Å². The first-order valence-electron chi connectivity index (χ1n) is 6.85. The average molecular weight is 292 g/mol. The maximum atomic E-state index is 11.5. The van der Waals surface area contributed by atoms with Gasteiger partial charge in [-0.3, -0.25) is 0 Å². The monoisotopic (exact) mass is 292 g/mol. The zero-order valence-corrected chi connectivity index (χ0v) is 11.5. The molecule has 1 aliphatic heterocycles. The van der Waals surface area contributed by atoms with Gasteiger partial charge in [0.05, 0.1) is 0 Å². The highest BCUT2D eigenvalue weighted by atomic mass is 16.4. The fourth-order valence-electron chi connectivity index (χ4n) is 2.58. The summed E-state index contributed by atoms with van der Waals surface area (Å²) in [5.74, 6) is 0.0706. The molecule has 6 heteroatoms. The summed E-state index contributed by atoms with van der Waals surface area (Å²) >= 11 is 0. The molecule has 0 spiro atoms. The van der Waals surface area contributed by atoms with E-state index < -0.39 is 12.1 Å². The van der Waals surface area contributed by atoms with Gasteiger partial charge in [-0.15, -0.1) is 5.10 Å². The Morgan fingerprint density at radius 3 is 2.59 bits per heavy atom. The molecule has 0 fully saturated rings. The van der Waals surface area contributed by atoms with Crippen molar-refractivity contribution in [3.05, 3.63) is 54.6 Å². The third kappa shape index (κ3) is 1.85. The molecule has 0 bridgehead atoms. The van der Waals surface area contributed by atoms with Crippen molar-refractivity contribution in [1.29, 1.82) is 0 Å². The molecule has 0 aliphatic carbocycles. The van der Waals surface area contributed by atoms with Gasteiger partial charge in [0.1, 0.15) is 0 Å². The molecular weight excluding hydrogens is 280 g/mol. The Morgan fingerprint density at radius 1 is 1.09 bits per heavy atom. The van der Waals surface area contributed by atoms with Crippen LogP contribution in [-0.2, 0) is 4.79 Å². The number of carbonyl (C=O) groups is 1. The summed E-state index contributed by atoms with van der Waals surface area (Å²) in [6.45, 7) is 0. The topological polar surface area (TPSA) is 80.0 Å². The second-order valence-corrected chi connectivity index (χ2v) is 5.00. The quantitative estimate of drug-likeness (QED) is 0.759. The summed E-state index contributed by atoms with van der Waals surface area (Å²) in [4.78, 5) is 16.1. The van der Waals surface area contributed by atoms with Crippen LogP contribution in [0.3, 0.4) is 0 Å². The highest BCUT2D eigenvalue weighted by Crippen LogP contribution is 2.35. The van der Waals surface area contributed by atoms with E-state index in [1.165, 1.54) is 4.68 Å². The Labute approximate surface area is 126 Å². The highest BCUT2D eigenvalue weighted by molar-refractivity contribution is 5.84. The van der Waals surface area contributed by atoms with E-state index in [1.54, 1.807) is 0 Å². The Balaban J connectivity index is 1.92. The lowest BCUT2D eigenvalue weighted by molar-refractivity contribution is -0.140. The maximum absolute atomic E-state index is 11.5. The van der Waals surface area contributed by atoms with Gasteiger partial charge in [0.2, 0.25) is 6.17 Å². The summed E-state index contributed by atoms with van der Waals surface area (Å²) < 4.78 is 1.42. The number of hydrogen-bond donors (Lipinski definition) is 2. The van der Waals surface area contributed by atoms with Gasteiger partial charge in [-0.2, -0.15) is 0 Å². The van der Waals surface area contributed by atoms with Crippen LogP contribution < -0.4 is 5.32 Å². The molecule has 2 aromatic carbocycles. The van der Waals surface area contributed by atoms with Crippen molar-refractivity contribution in [2.45, 2.75) is 6.17 Å². The van der Waals surface area contributed by atoms with Gasteiger partial charge >= 0.3 is 5.97 Å². The van der Waals surface area contributed by atoms with E-state index in [0.717, 1.165) is 16.8 Å². The Hall–Kier alpha value is -3.15. The number of rotatable bonds is 2. The summed E-state index contributed by atoms with van der Waals surface area (Å²) in [7, 11) is 0. The van der Waals surface area contributed by atoms with E-state index >= 15 is 0 Å². The van der Waals surface area contributed by atoms with Crippen LogP contribution in [0.5, 0.6) is 0 Å². The molecule has 1 atom stereocenters. The molecule has 3 aromatic rings. The van der Waals surface area contributed by atoms with Gasteiger partial charge in [0.25, 0.3) is 0 Å². The molecule has 0 saturated heterocycles. The molecule has 22 heavy (non-hydrogen) atoms. The van der Waals surface area contributed by atoms with Crippen LogP contribution in [0.25, 0.3) is 22.8 Å². The molecule has 1 unspecified atom stereocenters. The number of nitrogens with one attached hydrogen (secondary N) is 1. The molecule has 1 aliphatic rings. The number of aliphatic carboxylic acids is 1. The van der Waals surface area contributed by atoms with Crippen molar-refractivity contribution in [1.82, 2.24) is 14.8 Å². The molecule has 0 saturated carbocycles. The minimum absolute atomic E-state index is 0.514. The number of benzene rings is 2. The lowest BCUT2D eigenvalue weighted by Crippen LogP contribution is -2.31. The van der Waals surface area contributed by atoms with Crippen LogP contribution in [0.15, 0.2) is 54.6 Å². The molecule has 1 aromatic heterocycles. The maximum Gasteiger partial charge on any atom is 0.349 e. The Bertz CT molecular complexity index is 858. The molecule has 0 amide bonds. The van der Waals surface area contributed by atoms with Gasteiger partial charge in [-0.1, -0.05) is 42.5 Å². The van der Waals surface area contributed by atoms with Crippen molar-refractivity contribution in [3.63, 3.8) is 0 Å². The van der Waals surface area contributed by atoms with Gasteiger partial charge in [-0.05, 0) is 12.1 Å². The first kappa shape index (κ1) is 12.6. The van der Waals surface area contributed by atoms with Crippen LogP contribution >= 0.6 is 0 Å². The van der Waals surface area contributed by atoms with E-state index in [0.29, 0.717) is 11.6 Å². The first-order chi connectivity index (χ1) is 10.7. The van der Waals surface area contributed by atoms with Crippen molar-refractivity contribution >= 4 is 11.7 Å². The zero-order chi connectivity index (χ0) is 15.1. The van der Waals surface area contributed by atoms with Crippen molar-refractivity contribution in [2.75, 3.05) is 5.32 Å². The number of nitrogens with zero attached hydrogens (tertiary/aromatic N) is 3. The van der Waals surface area contributed by atoms with Crippen LogP contribution in [-0.4, -0.2) is 25.8 Å². The second kappa shape index (κ2) is 4.70. The fourth-order valence-corrected chi connectivity index (χ4v) is 2.58. The Kier molecular flexibility index (Phi) is 2.69. The van der Waals surface area contributed by atoms with Crippen molar-refractivity contribution in [3.8, 4) is 22.8 Å². The van der Waals surface area contributed by atoms with E-state index in [4.69, 9.17) is 0 Å². The lowest BCUT2D eigenvalue weighted by Gasteiger charge is -2.24. The average Bonchev–Trinajstić information content (AvgIpc) is 3.00. The van der Waals surface area contributed by atoms with Gasteiger partial charge < -0.3 is 10.4 Å². The third-order valence-corrected chi connectivity index (χ3v) is 3.60. The number of carboxylic acids is 1. The van der Waals surface area contributed by atoms with E-state index in [2.05, 4.69) is 15.4 Å². The summed E-state index contributed by atoms with van der Waals surface area (Å²) in [6.07, 6.45) is -0.963. The van der Waals surface area contributed by atoms with Gasteiger partial charge in [-0.25, -0.2) is 14.5 Å². The number of fused-ring (bicyclic) bond motifs is 3. The number of para-hydroxylation sites is 1. The molecule has 2 heterocycles. The summed E-state index contributed by atoms with van der Waals surface area (Å²) in [5.41, 5.74) is 2.44. The predicted molar refractivity (Wildman–Crippen MR) is 81.2 cm³/mol. The largest absolute Gasteiger partial charge is 0.478 e. The summed E-state index contributed by atoms with van der Waals surface area (Å²) in [5, 5.41) is 16.8. The second-order valence-electron chi connectivity index (χ2n) is 5.00. The van der Waals surface area contributed by atoms with Crippen LogP contribution in [0.1, 0.15) is 6.17 Å². The first-order valence-corrected chi connectivity index (χ1v) is 6.85. The smallest absolute Gasteiger partial charge is 0.349 e. The van der Waals surface area contributed by atoms with E-state index in [-0.39, 0.29) is 0 Å². The van der Waals surface area contributed by atoms with Crippen LogP contribution in [0.4, 0.5) is 5.69 Å². The van der Waals surface area contributed by atoms with Crippen molar-refractivity contribution < 1.29 is 9.90 Å². The van der Waals surface area contributed by atoms with Gasteiger partial charge in [0, 0.05) is 16.8 Å².